The summed E-state index contributed by atoms with van der Waals surface area (Å²) >= 11 is 0. The Balaban J connectivity index is 2.99. The number of carbonyl (C=O) groups is 2. The van der Waals surface area contributed by atoms with Gasteiger partial charge in [0, 0.05) is 0 Å². The maximum Gasteiger partial charge on any atom is 0.341 e. The Labute approximate surface area is 94.7 Å². The van der Waals surface area contributed by atoms with Crippen LogP contribution in [0.4, 0.5) is 0 Å². The van der Waals surface area contributed by atoms with Crippen molar-refractivity contribution < 1.29 is 14.3 Å². The van der Waals surface area contributed by atoms with Gasteiger partial charge in [-0.2, -0.15) is 0 Å². The number of ketones is 1. The molecule has 0 N–H and O–H groups in total. The van der Waals surface area contributed by atoms with Gasteiger partial charge in [0.1, 0.15) is 5.57 Å². The first-order chi connectivity index (χ1) is 7.65. The molecule has 0 aromatic heterocycles. The molecule has 0 unspecified atom stereocenters. The van der Waals surface area contributed by atoms with Crippen LogP contribution in [0.15, 0.2) is 35.9 Å². The monoisotopic (exact) mass is 218 g/mol. The Morgan fingerprint density at radius 3 is 2.38 bits per heavy atom. The van der Waals surface area contributed by atoms with E-state index in [2.05, 4.69) is 0 Å². The van der Waals surface area contributed by atoms with Crippen LogP contribution >= 0.6 is 0 Å². The van der Waals surface area contributed by atoms with Gasteiger partial charge in [-0.15, -0.1) is 0 Å². The van der Waals surface area contributed by atoms with E-state index >= 15 is 0 Å². The largest absolute Gasteiger partial charge is 0.462 e. The van der Waals surface area contributed by atoms with Crippen LogP contribution in [0.2, 0.25) is 0 Å². The SMILES string of the molecule is CCOC(=O)/C(=C/c1ccccc1)C(C)=O. The van der Waals surface area contributed by atoms with Gasteiger partial charge >= 0.3 is 5.97 Å². The van der Waals surface area contributed by atoms with Crippen molar-refractivity contribution >= 4 is 17.8 Å². The highest BCUT2D eigenvalue weighted by atomic mass is 16.5. The van der Waals surface area contributed by atoms with Crippen molar-refractivity contribution in [1.82, 2.24) is 0 Å². The highest BCUT2D eigenvalue weighted by Gasteiger charge is 2.15. The van der Waals surface area contributed by atoms with Crippen molar-refractivity contribution in [2.45, 2.75) is 13.8 Å². The molecule has 0 saturated carbocycles. The number of hydrogen-bond donors (Lipinski definition) is 0. The van der Waals surface area contributed by atoms with Gasteiger partial charge in [-0.25, -0.2) is 4.79 Å². The first-order valence-electron chi connectivity index (χ1n) is 5.10. The van der Waals surface area contributed by atoms with E-state index < -0.39 is 5.97 Å². The lowest BCUT2D eigenvalue weighted by atomic mass is 10.1. The van der Waals surface area contributed by atoms with E-state index in [0.717, 1.165) is 5.56 Å². The Morgan fingerprint density at radius 2 is 1.88 bits per heavy atom. The van der Waals surface area contributed by atoms with Crippen LogP contribution in [0, 0.1) is 0 Å². The fourth-order valence-corrected chi connectivity index (χ4v) is 1.23. The quantitative estimate of drug-likeness (QED) is 0.337. The fraction of sp³-hybridized carbons (Fsp3) is 0.231. The minimum atomic E-state index is -0.571. The van der Waals surface area contributed by atoms with Crippen LogP contribution in [0.25, 0.3) is 6.08 Å². The van der Waals surface area contributed by atoms with Crippen molar-refractivity contribution in [3.63, 3.8) is 0 Å². The third-order valence-corrected chi connectivity index (χ3v) is 1.99. The maximum atomic E-state index is 11.5. The number of hydrogen-bond acceptors (Lipinski definition) is 3. The topological polar surface area (TPSA) is 43.4 Å². The summed E-state index contributed by atoms with van der Waals surface area (Å²) in [6.45, 7) is 3.32. The molecule has 0 aliphatic rings. The Hall–Kier alpha value is -1.90. The summed E-state index contributed by atoms with van der Waals surface area (Å²) in [5.74, 6) is -0.860. The minimum absolute atomic E-state index is 0.0769. The molecule has 0 saturated heterocycles. The van der Waals surface area contributed by atoms with E-state index in [0.29, 0.717) is 0 Å². The molecule has 0 amide bonds. The first-order valence-corrected chi connectivity index (χ1v) is 5.10. The van der Waals surface area contributed by atoms with Crippen LogP contribution in [0.1, 0.15) is 19.4 Å². The van der Waals surface area contributed by atoms with Crippen molar-refractivity contribution in [3.05, 3.63) is 41.5 Å². The summed E-state index contributed by atoms with van der Waals surface area (Å²) < 4.78 is 4.81. The number of ether oxygens (including phenoxy) is 1. The second-order valence-corrected chi connectivity index (χ2v) is 3.25. The van der Waals surface area contributed by atoms with Gasteiger partial charge in [-0.3, -0.25) is 4.79 Å². The van der Waals surface area contributed by atoms with E-state index in [4.69, 9.17) is 4.74 Å². The molecule has 3 heteroatoms. The molecule has 1 aromatic rings. The third kappa shape index (κ3) is 3.35. The van der Waals surface area contributed by atoms with Crippen molar-refractivity contribution in [2.75, 3.05) is 6.61 Å². The average molecular weight is 218 g/mol. The summed E-state index contributed by atoms with van der Waals surface area (Å²) in [5, 5.41) is 0. The zero-order valence-corrected chi connectivity index (χ0v) is 9.40. The lowest BCUT2D eigenvalue weighted by Crippen LogP contribution is -2.13. The van der Waals surface area contributed by atoms with Gasteiger partial charge in [0.15, 0.2) is 5.78 Å². The Bertz CT molecular complexity index is 404. The average Bonchev–Trinajstić information content (AvgIpc) is 2.27. The fourth-order valence-electron chi connectivity index (χ4n) is 1.23. The van der Waals surface area contributed by atoms with Gasteiger partial charge in [-0.1, -0.05) is 30.3 Å². The molecule has 0 aliphatic carbocycles. The molecule has 1 rings (SSSR count). The predicted octanol–water partition coefficient (Wildman–Crippen LogP) is 2.22. The molecular weight excluding hydrogens is 204 g/mol. The number of benzene rings is 1. The van der Waals surface area contributed by atoms with Crippen molar-refractivity contribution in [1.29, 1.82) is 0 Å². The van der Waals surface area contributed by atoms with Crippen LogP contribution in [0.5, 0.6) is 0 Å². The van der Waals surface area contributed by atoms with Crippen molar-refractivity contribution in [2.24, 2.45) is 0 Å². The molecule has 0 aliphatic heterocycles. The Morgan fingerprint density at radius 1 is 1.25 bits per heavy atom. The smallest absolute Gasteiger partial charge is 0.341 e. The zero-order valence-electron chi connectivity index (χ0n) is 9.40. The molecule has 0 atom stereocenters. The number of carbonyl (C=O) groups excluding carboxylic acids is 2. The van der Waals surface area contributed by atoms with Gasteiger partial charge in [0.2, 0.25) is 0 Å². The molecular formula is C13H14O3. The summed E-state index contributed by atoms with van der Waals surface area (Å²) in [4.78, 5) is 22.8. The zero-order chi connectivity index (χ0) is 12.0. The molecule has 16 heavy (non-hydrogen) atoms. The predicted molar refractivity (Wildman–Crippen MR) is 61.7 cm³/mol. The van der Waals surface area contributed by atoms with E-state index in [1.54, 1.807) is 13.0 Å². The first kappa shape index (κ1) is 12.2. The van der Waals surface area contributed by atoms with Crippen LogP contribution < -0.4 is 0 Å². The highest BCUT2D eigenvalue weighted by Crippen LogP contribution is 2.09. The molecule has 3 nitrogen and oxygen atoms in total. The lowest BCUT2D eigenvalue weighted by molar-refractivity contribution is -0.139. The van der Waals surface area contributed by atoms with Crippen molar-refractivity contribution in [3.8, 4) is 0 Å². The second-order valence-electron chi connectivity index (χ2n) is 3.25. The lowest BCUT2D eigenvalue weighted by Gasteiger charge is -2.03. The molecule has 0 radical (unpaired) electrons. The molecule has 1 aromatic carbocycles. The molecule has 84 valence electrons. The maximum absolute atomic E-state index is 11.5. The Kier molecular flexibility index (Phi) is 4.45. The van der Waals surface area contributed by atoms with Gasteiger partial charge in [-0.05, 0) is 25.5 Å². The standard InChI is InChI=1S/C13H14O3/c1-3-16-13(15)12(10(2)14)9-11-7-5-4-6-8-11/h4-9H,3H2,1-2H3/b12-9+. The highest BCUT2D eigenvalue weighted by molar-refractivity contribution is 6.19. The number of esters is 1. The van der Waals surface area contributed by atoms with E-state index in [9.17, 15) is 9.59 Å². The second kappa shape index (κ2) is 5.85. The normalized spacial score (nSPS) is 11.0. The number of Topliss-reactive ketones (excluding diaryl/α,β-unsaturated/α-hetero) is 1. The van der Waals surface area contributed by atoms with Gasteiger partial charge in [0.25, 0.3) is 0 Å². The van der Waals surface area contributed by atoms with Crippen LogP contribution in [0.3, 0.4) is 0 Å². The molecule has 0 spiro atoms. The minimum Gasteiger partial charge on any atom is -0.462 e. The van der Waals surface area contributed by atoms with E-state index in [1.807, 2.05) is 30.3 Å². The van der Waals surface area contributed by atoms with E-state index in [-0.39, 0.29) is 18.0 Å². The summed E-state index contributed by atoms with van der Waals surface area (Å²) in [7, 11) is 0. The van der Waals surface area contributed by atoms with Gasteiger partial charge < -0.3 is 4.74 Å². The van der Waals surface area contributed by atoms with E-state index in [1.165, 1.54) is 6.92 Å². The van der Waals surface area contributed by atoms with Crippen LogP contribution in [-0.2, 0) is 14.3 Å². The molecule has 0 bridgehead atoms. The third-order valence-electron chi connectivity index (χ3n) is 1.99. The summed E-state index contributed by atoms with van der Waals surface area (Å²) in [6.07, 6.45) is 1.54. The molecule has 0 fully saturated rings. The summed E-state index contributed by atoms with van der Waals surface area (Å²) in [5.41, 5.74) is 0.883. The molecule has 0 heterocycles. The summed E-state index contributed by atoms with van der Waals surface area (Å²) in [6, 6.07) is 9.20. The van der Waals surface area contributed by atoms with Crippen LogP contribution in [-0.4, -0.2) is 18.4 Å². The number of rotatable bonds is 4. The van der Waals surface area contributed by atoms with Gasteiger partial charge in [0.05, 0.1) is 6.61 Å².